The van der Waals surface area contributed by atoms with Gasteiger partial charge in [0.05, 0.1) is 22.8 Å². The van der Waals surface area contributed by atoms with Gasteiger partial charge in [-0.15, -0.1) is 0 Å². The molecule has 0 aromatic heterocycles. The number of amides is 1. The van der Waals surface area contributed by atoms with E-state index in [4.69, 9.17) is 4.74 Å². The van der Waals surface area contributed by atoms with E-state index in [9.17, 15) is 28.1 Å². The van der Waals surface area contributed by atoms with Crippen LogP contribution in [0.5, 0.6) is 0 Å². The van der Waals surface area contributed by atoms with Crippen LogP contribution in [0.4, 0.5) is 5.69 Å². The van der Waals surface area contributed by atoms with E-state index >= 15 is 0 Å². The number of carbonyl (C=O) groups is 2. The first-order chi connectivity index (χ1) is 14.8. The molecule has 1 N–H and O–H groups in total. The van der Waals surface area contributed by atoms with Gasteiger partial charge in [0.1, 0.15) is 6.04 Å². The Morgan fingerprint density at radius 1 is 1.16 bits per heavy atom. The van der Waals surface area contributed by atoms with Crippen LogP contribution in [0.25, 0.3) is 0 Å². The molecule has 0 radical (unpaired) electrons. The van der Waals surface area contributed by atoms with E-state index in [2.05, 4.69) is 5.32 Å². The maximum Gasteiger partial charge on any atom is 0.307 e. The topological polar surface area (TPSA) is 136 Å². The summed E-state index contributed by atoms with van der Waals surface area (Å²) in [7, 11) is -4.15. The van der Waals surface area contributed by atoms with Crippen LogP contribution in [-0.2, 0) is 30.8 Å². The molecule has 1 atom stereocenters. The first-order valence-electron chi connectivity index (χ1n) is 9.52. The van der Waals surface area contributed by atoms with E-state index in [1.165, 1.54) is 0 Å². The highest BCUT2D eigenvalue weighted by molar-refractivity contribution is 7.89. The standard InChI is InChI=1S/C20H21N3O7S/c24-19(30-13-10-15-4-2-1-3-5-15)14-18-20(25)21-11-12-22(18)31(28,29)17-8-6-16(7-9-17)23(26)27/h1-9,18H,10-14H2,(H,21,25). The number of ether oxygens (including phenoxy) is 1. The lowest BCUT2D eigenvalue weighted by Crippen LogP contribution is -2.57. The van der Waals surface area contributed by atoms with Crippen LogP contribution in [0.2, 0.25) is 0 Å². The monoisotopic (exact) mass is 447 g/mol. The first kappa shape index (κ1) is 22.4. The summed E-state index contributed by atoms with van der Waals surface area (Å²) in [5, 5.41) is 13.4. The molecule has 0 saturated carbocycles. The fraction of sp³-hybridized carbons (Fsp3) is 0.300. The fourth-order valence-electron chi connectivity index (χ4n) is 3.20. The van der Waals surface area contributed by atoms with Crippen molar-refractivity contribution in [3.05, 3.63) is 70.3 Å². The predicted molar refractivity (Wildman–Crippen MR) is 110 cm³/mol. The molecule has 0 bridgehead atoms. The Hall–Kier alpha value is -3.31. The smallest absolute Gasteiger partial charge is 0.307 e. The van der Waals surface area contributed by atoms with Crippen LogP contribution in [0.15, 0.2) is 59.5 Å². The van der Waals surface area contributed by atoms with Gasteiger partial charge in [0.15, 0.2) is 0 Å². The van der Waals surface area contributed by atoms with Crippen LogP contribution in [0, 0.1) is 10.1 Å². The summed E-state index contributed by atoms with van der Waals surface area (Å²) in [6.45, 7) is 0.157. The molecule has 1 unspecified atom stereocenters. The Bertz CT molecular complexity index is 1060. The second kappa shape index (κ2) is 9.67. The molecule has 11 heteroatoms. The van der Waals surface area contributed by atoms with E-state index in [-0.39, 0.29) is 30.3 Å². The molecule has 1 aliphatic rings. The van der Waals surface area contributed by atoms with Gasteiger partial charge in [-0.1, -0.05) is 30.3 Å². The van der Waals surface area contributed by atoms with Gasteiger partial charge in [0, 0.05) is 31.6 Å². The zero-order chi connectivity index (χ0) is 22.4. The van der Waals surface area contributed by atoms with Crippen molar-refractivity contribution < 1.29 is 27.7 Å². The summed E-state index contributed by atoms with van der Waals surface area (Å²) in [6.07, 6.45) is 0.0566. The third-order valence-corrected chi connectivity index (χ3v) is 6.71. The summed E-state index contributed by atoms with van der Waals surface area (Å²) in [6, 6.07) is 12.5. The van der Waals surface area contributed by atoms with E-state index in [0.717, 1.165) is 34.1 Å². The number of rotatable bonds is 8. The molecule has 2 aromatic carbocycles. The number of benzene rings is 2. The molecule has 1 saturated heterocycles. The van der Waals surface area contributed by atoms with Gasteiger partial charge in [0.2, 0.25) is 15.9 Å². The quantitative estimate of drug-likeness (QED) is 0.365. The van der Waals surface area contributed by atoms with E-state index in [0.29, 0.717) is 6.42 Å². The van der Waals surface area contributed by atoms with Gasteiger partial charge in [-0.2, -0.15) is 4.31 Å². The third kappa shape index (κ3) is 5.44. The first-order valence-corrected chi connectivity index (χ1v) is 11.0. The number of nitrogens with one attached hydrogen (secondary N) is 1. The normalized spacial score (nSPS) is 17.0. The summed E-state index contributed by atoms with van der Waals surface area (Å²) in [5.41, 5.74) is 0.724. The zero-order valence-corrected chi connectivity index (χ0v) is 17.3. The van der Waals surface area contributed by atoms with Crippen molar-refractivity contribution in [3.63, 3.8) is 0 Å². The molecule has 1 aliphatic heterocycles. The van der Waals surface area contributed by atoms with E-state index < -0.39 is 39.3 Å². The molecule has 3 rings (SSSR count). The summed E-state index contributed by atoms with van der Waals surface area (Å²) in [4.78, 5) is 34.6. The number of hydrogen-bond acceptors (Lipinski definition) is 7. The Morgan fingerprint density at radius 2 is 1.84 bits per heavy atom. The van der Waals surface area contributed by atoms with Crippen LogP contribution in [0.1, 0.15) is 12.0 Å². The third-order valence-electron chi connectivity index (χ3n) is 4.79. The highest BCUT2D eigenvalue weighted by Gasteiger charge is 2.40. The predicted octanol–water partition coefficient (Wildman–Crippen LogP) is 1.26. The molecule has 1 heterocycles. The van der Waals surface area contributed by atoms with Crippen molar-refractivity contribution in [1.29, 1.82) is 0 Å². The molecular weight excluding hydrogens is 426 g/mol. The number of nitro groups is 1. The number of nitro benzene ring substituents is 1. The second-order valence-corrected chi connectivity index (χ2v) is 8.72. The van der Waals surface area contributed by atoms with Gasteiger partial charge in [-0.3, -0.25) is 19.7 Å². The molecule has 1 amide bonds. The minimum atomic E-state index is -4.15. The summed E-state index contributed by atoms with van der Waals surface area (Å²) < 4.78 is 32.2. The van der Waals surface area contributed by atoms with Gasteiger partial charge < -0.3 is 10.1 Å². The fourth-order valence-corrected chi connectivity index (χ4v) is 4.78. The molecule has 0 spiro atoms. The van der Waals surface area contributed by atoms with Gasteiger partial charge in [-0.25, -0.2) is 8.42 Å². The van der Waals surface area contributed by atoms with Crippen LogP contribution >= 0.6 is 0 Å². The number of nitrogens with zero attached hydrogens (tertiary/aromatic N) is 2. The minimum absolute atomic E-state index is 0.0347. The number of esters is 1. The average Bonchev–Trinajstić information content (AvgIpc) is 2.76. The summed E-state index contributed by atoms with van der Waals surface area (Å²) in [5.74, 6) is -1.29. The number of non-ortho nitro benzene ring substituents is 1. The Morgan fingerprint density at radius 3 is 2.48 bits per heavy atom. The molecule has 0 aliphatic carbocycles. The highest BCUT2D eigenvalue weighted by atomic mass is 32.2. The number of carbonyl (C=O) groups excluding carboxylic acids is 2. The molecule has 164 valence electrons. The number of hydrogen-bond donors (Lipinski definition) is 1. The maximum absolute atomic E-state index is 13.0. The molecule has 10 nitrogen and oxygen atoms in total. The van der Waals surface area contributed by atoms with Crippen molar-refractivity contribution in [2.75, 3.05) is 19.7 Å². The molecule has 1 fully saturated rings. The molecular formula is C20H21N3O7S. The Labute approximate surface area is 179 Å². The van der Waals surface area contributed by atoms with Crippen LogP contribution in [-0.4, -0.2) is 55.3 Å². The Kier molecular flexibility index (Phi) is 6.98. The van der Waals surface area contributed by atoms with Crippen molar-refractivity contribution in [1.82, 2.24) is 9.62 Å². The zero-order valence-electron chi connectivity index (χ0n) is 16.5. The van der Waals surface area contributed by atoms with Gasteiger partial charge in [0.25, 0.3) is 5.69 Å². The minimum Gasteiger partial charge on any atom is -0.465 e. The average molecular weight is 447 g/mol. The van der Waals surface area contributed by atoms with Crippen molar-refractivity contribution in [2.24, 2.45) is 0 Å². The number of sulfonamides is 1. The van der Waals surface area contributed by atoms with Gasteiger partial charge in [-0.05, 0) is 17.7 Å². The van der Waals surface area contributed by atoms with E-state index in [1.54, 1.807) is 0 Å². The van der Waals surface area contributed by atoms with Crippen LogP contribution < -0.4 is 5.32 Å². The van der Waals surface area contributed by atoms with Crippen molar-refractivity contribution in [3.8, 4) is 0 Å². The van der Waals surface area contributed by atoms with Crippen molar-refractivity contribution >= 4 is 27.6 Å². The molecule has 2 aromatic rings. The largest absolute Gasteiger partial charge is 0.465 e. The Balaban J connectivity index is 1.69. The summed E-state index contributed by atoms with van der Waals surface area (Å²) >= 11 is 0. The van der Waals surface area contributed by atoms with E-state index in [1.807, 2.05) is 30.3 Å². The lowest BCUT2D eigenvalue weighted by atomic mass is 10.1. The maximum atomic E-state index is 13.0. The van der Waals surface area contributed by atoms with Crippen molar-refractivity contribution in [2.45, 2.75) is 23.8 Å². The lowest BCUT2D eigenvalue weighted by Gasteiger charge is -2.33. The second-order valence-electron chi connectivity index (χ2n) is 6.83. The number of piperazine rings is 1. The SMILES string of the molecule is O=C(CC1C(=O)NCCN1S(=O)(=O)c1ccc([N+](=O)[O-])cc1)OCCc1ccccc1. The van der Waals surface area contributed by atoms with Gasteiger partial charge >= 0.3 is 5.97 Å². The van der Waals surface area contributed by atoms with Crippen LogP contribution in [0.3, 0.4) is 0 Å². The molecule has 31 heavy (non-hydrogen) atoms. The highest BCUT2D eigenvalue weighted by Crippen LogP contribution is 2.24. The lowest BCUT2D eigenvalue weighted by molar-refractivity contribution is -0.384.